The number of sulfonamides is 1. The minimum absolute atomic E-state index is 0.130. The quantitative estimate of drug-likeness (QED) is 0.629. The van der Waals surface area contributed by atoms with Crippen LogP contribution in [0.3, 0.4) is 0 Å². The largest absolute Gasteiger partial charge is 0.496 e. The molecule has 0 heterocycles. The molecule has 5 nitrogen and oxygen atoms in total. The van der Waals surface area contributed by atoms with E-state index in [9.17, 15) is 8.42 Å². The predicted molar refractivity (Wildman–Crippen MR) is 113 cm³/mol. The zero-order chi connectivity index (χ0) is 20.3. The molecule has 1 aliphatic rings. The maximum atomic E-state index is 12.9. The summed E-state index contributed by atoms with van der Waals surface area (Å²) < 4.78 is 34.2. The summed E-state index contributed by atoms with van der Waals surface area (Å²) in [6.07, 6.45) is 0.645. The molecule has 0 spiro atoms. The number of benzene rings is 3. The molecule has 2 unspecified atom stereocenters. The molecule has 0 aliphatic heterocycles. The molecule has 2 atom stereocenters. The van der Waals surface area contributed by atoms with Crippen molar-refractivity contribution >= 4 is 10.0 Å². The molecule has 0 bridgehead atoms. The van der Waals surface area contributed by atoms with Crippen LogP contribution in [-0.2, 0) is 23.0 Å². The van der Waals surface area contributed by atoms with Gasteiger partial charge in [0.15, 0.2) is 0 Å². The van der Waals surface area contributed by atoms with Gasteiger partial charge in [0.1, 0.15) is 5.75 Å². The van der Waals surface area contributed by atoms with Gasteiger partial charge in [-0.2, -0.15) is 0 Å². The molecule has 0 fully saturated rings. The van der Waals surface area contributed by atoms with Crippen LogP contribution in [0.4, 0.5) is 0 Å². The van der Waals surface area contributed by atoms with E-state index in [0.717, 1.165) is 22.4 Å². The van der Waals surface area contributed by atoms with Crippen molar-refractivity contribution in [1.29, 1.82) is 0 Å². The Hall–Kier alpha value is -2.67. The number of hydrogen-bond acceptors (Lipinski definition) is 4. The molecule has 2 N–H and O–H groups in total. The summed E-state index contributed by atoms with van der Waals surface area (Å²) in [5.74, 6) is 0.813. The van der Waals surface area contributed by atoms with Gasteiger partial charge in [0.2, 0.25) is 10.0 Å². The number of methoxy groups -OCH3 is 1. The first-order chi connectivity index (χ1) is 14.1. The van der Waals surface area contributed by atoms with Crippen molar-refractivity contribution in [3.8, 4) is 5.75 Å². The molecular formula is C23H24N2O3S. The van der Waals surface area contributed by atoms with Gasteiger partial charge in [0.25, 0.3) is 0 Å². The van der Waals surface area contributed by atoms with Crippen LogP contribution in [0.2, 0.25) is 0 Å². The number of hydrogen-bond donors (Lipinski definition) is 2. The van der Waals surface area contributed by atoms with E-state index in [1.165, 1.54) is 0 Å². The first-order valence-electron chi connectivity index (χ1n) is 9.59. The molecule has 4 rings (SSSR count). The number of fused-ring (bicyclic) bond motifs is 1. The van der Waals surface area contributed by atoms with Gasteiger partial charge in [-0.3, -0.25) is 0 Å². The Kier molecular flexibility index (Phi) is 5.67. The molecule has 0 amide bonds. The lowest BCUT2D eigenvalue weighted by atomic mass is 10.1. The molecule has 3 aromatic carbocycles. The van der Waals surface area contributed by atoms with Crippen molar-refractivity contribution < 1.29 is 13.2 Å². The number of para-hydroxylation sites is 1. The molecule has 29 heavy (non-hydrogen) atoms. The zero-order valence-corrected chi connectivity index (χ0v) is 17.0. The van der Waals surface area contributed by atoms with Gasteiger partial charge in [0, 0.05) is 24.2 Å². The number of rotatable bonds is 7. The first-order valence-corrected chi connectivity index (χ1v) is 11.1. The number of ether oxygens (including phenoxy) is 1. The first kappa shape index (κ1) is 19.6. The molecule has 1 aliphatic carbocycles. The van der Waals surface area contributed by atoms with E-state index in [4.69, 9.17) is 4.74 Å². The molecule has 0 saturated heterocycles. The van der Waals surface area contributed by atoms with E-state index < -0.39 is 10.0 Å². The number of nitrogens with one attached hydrogen (secondary N) is 2. The highest BCUT2D eigenvalue weighted by molar-refractivity contribution is 7.89. The monoisotopic (exact) mass is 408 g/mol. The maximum Gasteiger partial charge on any atom is 0.240 e. The normalized spacial score (nSPS) is 18.4. The Balaban J connectivity index is 1.58. The topological polar surface area (TPSA) is 67.4 Å². The molecule has 6 heteroatoms. The molecule has 0 aromatic heterocycles. The lowest BCUT2D eigenvalue weighted by molar-refractivity contribution is 0.398. The second-order valence-electron chi connectivity index (χ2n) is 7.11. The van der Waals surface area contributed by atoms with Gasteiger partial charge >= 0.3 is 0 Å². The van der Waals surface area contributed by atoms with Crippen molar-refractivity contribution in [2.24, 2.45) is 0 Å². The lowest BCUT2D eigenvalue weighted by Crippen LogP contribution is -2.42. The Morgan fingerprint density at radius 1 is 0.931 bits per heavy atom. The summed E-state index contributed by atoms with van der Waals surface area (Å²) in [5.41, 5.74) is 3.32. The average Bonchev–Trinajstić information content (AvgIpc) is 3.09. The third-order valence-electron chi connectivity index (χ3n) is 5.30. The lowest BCUT2D eigenvalue weighted by Gasteiger charge is -2.23. The van der Waals surface area contributed by atoms with Gasteiger partial charge in [-0.15, -0.1) is 0 Å². The smallest absolute Gasteiger partial charge is 0.240 e. The minimum Gasteiger partial charge on any atom is -0.496 e. The van der Waals surface area contributed by atoms with Crippen LogP contribution in [0.1, 0.15) is 22.7 Å². The van der Waals surface area contributed by atoms with Crippen LogP contribution >= 0.6 is 0 Å². The minimum atomic E-state index is -3.60. The van der Waals surface area contributed by atoms with Crippen LogP contribution < -0.4 is 14.8 Å². The molecular weight excluding hydrogens is 384 g/mol. The van der Waals surface area contributed by atoms with E-state index in [1.807, 2.05) is 42.5 Å². The van der Waals surface area contributed by atoms with E-state index >= 15 is 0 Å². The second-order valence-corrected chi connectivity index (χ2v) is 8.83. The van der Waals surface area contributed by atoms with Gasteiger partial charge in [0.05, 0.1) is 12.0 Å². The highest BCUT2D eigenvalue weighted by Gasteiger charge is 2.35. The van der Waals surface area contributed by atoms with Gasteiger partial charge < -0.3 is 10.1 Å². The van der Waals surface area contributed by atoms with Crippen LogP contribution in [0, 0.1) is 0 Å². The van der Waals surface area contributed by atoms with E-state index in [2.05, 4.69) is 22.2 Å². The van der Waals surface area contributed by atoms with Gasteiger partial charge in [-0.05, 0) is 35.7 Å². The van der Waals surface area contributed by atoms with Crippen LogP contribution in [0.25, 0.3) is 0 Å². The fourth-order valence-electron chi connectivity index (χ4n) is 3.89. The molecule has 0 saturated carbocycles. The summed E-state index contributed by atoms with van der Waals surface area (Å²) in [6.45, 7) is 0.576. The fraction of sp³-hybridized carbons (Fsp3) is 0.217. The van der Waals surface area contributed by atoms with Crippen molar-refractivity contribution in [2.75, 3.05) is 7.11 Å². The van der Waals surface area contributed by atoms with Crippen molar-refractivity contribution in [3.63, 3.8) is 0 Å². The Morgan fingerprint density at radius 3 is 2.41 bits per heavy atom. The molecule has 150 valence electrons. The Bertz CT molecular complexity index is 1080. The second kappa shape index (κ2) is 8.37. The van der Waals surface area contributed by atoms with Crippen molar-refractivity contribution in [2.45, 2.75) is 29.9 Å². The third kappa shape index (κ3) is 4.19. The highest BCUT2D eigenvalue weighted by atomic mass is 32.2. The van der Waals surface area contributed by atoms with E-state index in [-0.39, 0.29) is 17.0 Å². The van der Waals surface area contributed by atoms with Crippen molar-refractivity contribution in [1.82, 2.24) is 10.0 Å². The highest BCUT2D eigenvalue weighted by Crippen LogP contribution is 2.33. The summed E-state index contributed by atoms with van der Waals surface area (Å²) in [6, 6.07) is 24.0. The van der Waals surface area contributed by atoms with Crippen molar-refractivity contribution in [3.05, 3.63) is 95.6 Å². The fourth-order valence-corrected chi connectivity index (χ4v) is 5.16. The summed E-state index contributed by atoms with van der Waals surface area (Å²) in [5, 5.41) is 3.55. The third-order valence-corrected chi connectivity index (χ3v) is 6.80. The molecule has 0 radical (unpaired) electrons. The van der Waals surface area contributed by atoms with Crippen LogP contribution in [0.5, 0.6) is 5.75 Å². The predicted octanol–water partition coefficient (Wildman–Crippen LogP) is 3.43. The van der Waals surface area contributed by atoms with Gasteiger partial charge in [-0.1, -0.05) is 60.7 Å². The summed E-state index contributed by atoms with van der Waals surface area (Å²) in [4.78, 5) is 0.277. The molecule has 3 aromatic rings. The Labute approximate surface area is 171 Å². The van der Waals surface area contributed by atoms with Crippen LogP contribution in [-0.4, -0.2) is 21.6 Å². The van der Waals surface area contributed by atoms with Gasteiger partial charge in [-0.25, -0.2) is 13.1 Å². The SMILES string of the molecule is COc1ccccc1CNC1c2ccccc2CC1NS(=O)(=O)c1ccccc1. The van der Waals surface area contributed by atoms with E-state index in [0.29, 0.717) is 13.0 Å². The van der Waals surface area contributed by atoms with E-state index in [1.54, 1.807) is 31.4 Å². The van der Waals surface area contributed by atoms with Crippen LogP contribution in [0.15, 0.2) is 83.8 Å². The Morgan fingerprint density at radius 2 is 1.62 bits per heavy atom. The summed E-state index contributed by atoms with van der Waals surface area (Å²) in [7, 11) is -1.95. The zero-order valence-electron chi connectivity index (χ0n) is 16.2. The maximum absolute atomic E-state index is 12.9. The summed E-state index contributed by atoms with van der Waals surface area (Å²) >= 11 is 0. The average molecular weight is 409 g/mol. The standard InChI is InChI=1S/C23H24N2O3S/c1-28-22-14-8-6-10-18(22)16-24-23-20-13-7-5-9-17(20)15-21(23)25-29(26,27)19-11-3-2-4-12-19/h2-14,21,23-25H,15-16H2,1H3.